The molecule has 1 atom stereocenters. The van der Waals surface area contributed by atoms with Crippen molar-refractivity contribution in [3.63, 3.8) is 0 Å². The lowest BCUT2D eigenvalue weighted by molar-refractivity contribution is -0.385. The number of hydrogen-bond acceptors (Lipinski definition) is 5. The molecule has 1 N–H and O–H groups in total. The van der Waals surface area contributed by atoms with Gasteiger partial charge in [0, 0.05) is 29.6 Å². The van der Waals surface area contributed by atoms with Crippen LogP contribution in [0.4, 0.5) is 11.4 Å². The van der Waals surface area contributed by atoms with Crippen LogP contribution in [-0.4, -0.2) is 29.6 Å². The molecule has 0 aliphatic rings. The highest BCUT2D eigenvalue weighted by Gasteiger charge is 2.15. The van der Waals surface area contributed by atoms with Crippen molar-refractivity contribution < 1.29 is 9.66 Å². The molecule has 0 fully saturated rings. The first-order valence-corrected chi connectivity index (χ1v) is 7.14. The summed E-state index contributed by atoms with van der Waals surface area (Å²) in [4.78, 5) is 10.4. The van der Waals surface area contributed by atoms with Crippen LogP contribution in [-0.2, 0) is 0 Å². The summed E-state index contributed by atoms with van der Waals surface area (Å²) in [5.41, 5.74) is 0.838. The van der Waals surface area contributed by atoms with Gasteiger partial charge in [-0.3, -0.25) is 10.1 Å². The van der Waals surface area contributed by atoms with Crippen molar-refractivity contribution in [3.8, 4) is 5.75 Å². The van der Waals surface area contributed by atoms with E-state index in [2.05, 4.69) is 12.2 Å². The van der Waals surface area contributed by atoms with Gasteiger partial charge in [0.2, 0.25) is 0 Å². The number of nitrogens with zero attached hydrogens (tertiary/aromatic N) is 1. The van der Waals surface area contributed by atoms with Gasteiger partial charge >= 0.3 is 5.69 Å². The monoisotopic (exact) mass is 270 g/mol. The van der Waals surface area contributed by atoms with E-state index in [1.807, 2.05) is 6.26 Å². The topological polar surface area (TPSA) is 64.4 Å². The van der Waals surface area contributed by atoms with Gasteiger partial charge in [0.1, 0.15) is 0 Å². The average molecular weight is 270 g/mol. The molecule has 0 aliphatic heterocycles. The number of hydrogen-bond donors (Lipinski definition) is 1. The van der Waals surface area contributed by atoms with Crippen LogP contribution in [0.2, 0.25) is 0 Å². The number of nitro groups is 1. The van der Waals surface area contributed by atoms with Gasteiger partial charge < -0.3 is 10.1 Å². The zero-order chi connectivity index (χ0) is 13.5. The summed E-state index contributed by atoms with van der Waals surface area (Å²) in [6.07, 6.45) is 2.04. The van der Waals surface area contributed by atoms with Gasteiger partial charge in [-0.25, -0.2) is 0 Å². The number of nitrogens with one attached hydrogen (secondary N) is 1. The Balaban J connectivity index is 2.88. The summed E-state index contributed by atoms with van der Waals surface area (Å²) in [6.45, 7) is 4.28. The summed E-state index contributed by atoms with van der Waals surface area (Å²) in [5, 5.41) is 14.1. The van der Waals surface area contributed by atoms with Crippen molar-refractivity contribution in [2.45, 2.75) is 19.9 Å². The molecule has 0 aromatic heterocycles. The molecule has 0 spiro atoms. The van der Waals surface area contributed by atoms with Gasteiger partial charge in [-0.05, 0) is 26.2 Å². The Morgan fingerprint density at radius 3 is 2.83 bits per heavy atom. The Morgan fingerprint density at radius 1 is 1.56 bits per heavy atom. The fraction of sp³-hybridized carbons (Fsp3) is 0.500. The van der Waals surface area contributed by atoms with Crippen molar-refractivity contribution in [3.05, 3.63) is 28.3 Å². The third-order valence-electron chi connectivity index (χ3n) is 2.29. The molecule has 0 saturated carbocycles. The number of anilines is 1. The van der Waals surface area contributed by atoms with E-state index in [-0.39, 0.29) is 5.69 Å². The number of rotatable bonds is 7. The van der Waals surface area contributed by atoms with Crippen LogP contribution in [0.3, 0.4) is 0 Å². The standard InChI is InChI=1S/C12H18N2O3S/c1-4-17-12-7-10(13-9(2)8-18-3)5-6-11(12)14(15)16/h5-7,9,13H,4,8H2,1-3H3. The van der Waals surface area contributed by atoms with Crippen LogP contribution < -0.4 is 10.1 Å². The van der Waals surface area contributed by atoms with E-state index in [9.17, 15) is 10.1 Å². The van der Waals surface area contributed by atoms with Crippen molar-refractivity contribution in [2.24, 2.45) is 0 Å². The van der Waals surface area contributed by atoms with Crippen molar-refractivity contribution >= 4 is 23.1 Å². The Bertz CT molecular complexity index is 412. The predicted molar refractivity (Wildman–Crippen MR) is 75.7 cm³/mol. The van der Waals surface area contributed by atoms with Crippen molar-refractivity contribution in [1.29, 1.82) is 0 Å². The highest BCUT2D eigenvalue weighted by Crippen LogP contribution is 2.30. The maximum absolute atomic E-state index is 10.8. The molecule has 1 rings (SSSR count). The highest BCUT2D eigenvalue weighted by molar-refractivity contribution is 7.98. The number of nitro benzene ring substituents is 1. The Morgan fingerprint density at radius 2 is 2.28 bits per heavy atom. The van der Waals surface area contributed by atoms with Gasteiger partial charge in [0.15, 0.2) is 5.75 Å². The molecule has 1 aromatic carbocycles. The molecule has 1 unspecified atom stereocenters. The molecule has 18 heavy (non-hydrogen) atoms. The molecular formula is C12H18N2O3S. The fourth-order valence-electron chi connectivity index (χ4n) is 1.60. The summed E-state index contributed by atoms with van der Waals surface area (Å²) in [5.74, 6) is 1.28. The molecule has 0 amide bonds. The number of thioether (sulfide) groups is 1. The van der Waals surface area contributed by atoms with E-state index in [4.69, 9.17) is 4.74 Å². The minimum Gasteiger partial charge on any atom is -0.487 e. The summed E-state index contributed by atoms with van der Waals surface area (Å²) in [7, 11) is 0. The van der Waals surface area contributed by atoms with Gasteiger partial charge in [0.05, 0.1) is 11.5 Å². The molecule has 0 bridgehead atoms. The fourth-order valence-corrected chi connectivity index (χ4v) is 2.19. The highest BCUT2D eigenvalue weighted by atomic mass is 32.2. The zero-order valence-electron chi connectivity index (χ0n) is 10.8. The lowest BCUT2D eigenvalue weighted by Crippen LogP contribution is -2.17. The van der Waals surface area contributed by atoms with Crippen molar-refractivity contribution in [1.82, 2.24) is 0 Å². The smallest absolute Gasteiger partial charge is 0.311 e. The maximum Gasteiger partial charge on any atom is 0.311 e. The summed E-state index contributed by atoms with van der Waals surface area (Å²) >= 11 is 1.75. The van der Waals surface area contributed by atoms with Gasteiger partial charge in [-0.15, -0.1) is 0 Å². The third kappa shape index (κ3) is 4.10. The quantitative estimate of drug-likeness (QED) is 0.609. The van der Waals surface area contributed by atoms with E-state index in [0.29, 0.717) is 18.4 Å². The van der Waals surface area contributed by atoms with Crippen LogP contribution in [0.1, 0.15) is 13.8 Å². The molecule has 0 heterocycles. The zero-order valence-corrected chi connectivity index (χ0v) is 11.6. The first kappa shape index (κ1) is 14.6. The molecule has 6 heteroatoms. The number of benzene rings is 1. The lowest BCUT2D eigenvalue weighted by atomic mass is 10.2. The second-order valence-corrected chi connectivity index (χ2v) is 4.78. The third-order valence-corrected chi connectivity index (χ3v) is 3.12. The minimum atomic E-state index is -0.430. The molecule has 0 aliphatic carbocycles. The van der Waals surface area contributed by atoms with E-state index in [1.54, 1.807) is 30.8 Å². The molecule has 1 aromatic rings. The minimum absolute atomic E-state index is 0.0000745. The second kappa shape index (κ2) is 7.10. The largest absolute Gasteiger partial charge is 0.487 e. The van der Waals surface area contributed by atoms with Crippen LogP contribution >= 0.6 is 11.8 Å². The van der Waals surface area contributed by atoms with E-state index >= 15 is 0 Å². The van der Waals surface area contributed by atoms with Crippen molar-refractivity contribution in [2.75, 3.05) is 23.9 Å². The van der Waals surface area contributed by atoms with Gasteiger partial charge in [0.25, 0.3) is 0 Å². The maximum atomic E-state index is 10.8. The molecule has 0 saturated heterocycles. The summed E-state index contributed by atoms with van der Waals surface area (Å²) in [6, 6.07) is 5.16. The molecule has 100 valence electrons. The van der Waals surface area contributed by atoms with Crippen LogP contribution in [0.15, 0.2) is 18.2 Å². The van der Waals surface area contributed by atoms with Gasteiger partial charge in [-0.1, -0.05) is 0 Å². The lowest BCUT2D eigenvalue weighted by Gasteiger charge is -2.14. The first-order chi connectivity index (χ1) is 8.58. The SMILES string of the molecule is CCOc1cc(NC(C)CSC)ccc1[N+](=O)[O-]. The Hall–Kier alpha value is -1.43. The van der Waals surface area contributed by atoms with Crippen LogP contribution in [0.5, 0.6) is 5.75 Å². The molecule has 0 radical (unpaired) electrons. The summed E-state index contributed by atoms with van der Waals surface area (Å²) < 4.78 is 5.29. The second-order valence-electron chi connectivity index (χ2n) is 3.87. The Labute approximate surface area is 111 Å². The van der Waals surface area contributed by atoms with Gasteiger partial charge in [-0.2, -0.15) is 11.8 Å². The van der Waals surface area contributed by atoms with E-state index in [0.717, 1.165) is 11.4 Å². The predicted octanol–water partition coefficient (Wildman–Crippen LogP) is 3.16. The molecule has 5 nitrogen and oxygen atoms in total. The first-order valence-electron chi connectivity index (χ1n) is 5.75. The van der Waals surface area contributed by atoms with E-state index < -0.39 is 4.92 Å². The van der Waals surface area contributed by atoms with E-state index in [1.165, 1.54) is 6.07 Å². The Kier molecular flexibility index (Phi) is 5.77. The van der Waals surface area contributed by atoms with Crippen LogP contribution in [0.25, 0.3) is 0 Å². The number of ether oxygens (including phenoxy) is 1. The average Bonchev–Trinajstić information content (AvgIpc) is 2.29. The normalized spacial score (nSPS) is 11.9. The molecular weight excluding hydrogens is 252 g/mol. The van der Waals surface area contributed by atoms with Crippen LogP contribution in [0, 0.1) is 10.1 Å².